The second-order valence-corrected chi connectivity index (χ2v) is 4.59. The molecule has 0 aliphatic heterocycles. The van der Waals surface area contributed by atoms with E-state index in [2.05, 4.69) is 40.2 Å². The number of fused-ring (bicyclic) bond motifs is 1. The van der Waals surface area contributed by atoms with Crippen molar-refractivity contribution in [2.75, 3.05) is 7.11 Å². The molecule has 0 saturated heterocycles. The SMILES string of the molecule is COC1c2ccccc2CCC1Br. The number of ether oxygens (including phenoxy) is 1. The molecule has 0 spiro atoms. The van der Waals surface area contributed by atoms with E-state index in [0.29, 0.717) is 4.83 Å². The van der Waals surface area contributed by atoms with Crippen LogP contribution in [0.4, 0.5) is 0 Å². The van der Waals surface area contributed by atoms with Gasteiger partial charge in [0.05, 0.1) is 6.10 Å². The summed E-state index contributed by atoms with van der Waals surface area (Å²) in [5, 5.41) is 0. The van der Waals surface area contributed by atoms with Gasteiger partial charge in [0, 0.05) is 11.9 Å². The molecule has 2 rings (SSSR count). The highest BCUT2D eigenvalue weighted by Gasteiger charge is 2.26. The summed E-state index contributed by atoms with van der Waals surface area (Å²) in [5.74, 6) is 0. The third kappa shape index (κ3) is 1.65. The van der Waals surface area contributed by atoms with Gasteiger partial charge in [0.15, 0.2) is 0 Å². The Morgan fingerprint density at radius 2 is 2.15 bits per heavy atom. The summed E-state index contributed by atoms with van der Waals surface area (Å²) in [6, 6.07) is 8.53. The van der Waals surface area contributed by atoms with Crippen molar-refractivity contribution in [3.63, 3.8) is 0 Å². The molecule has 0 fully saturated rings. The Morgan fingerprint density at radius 3 is 2.92 bits per heavy atom. The molecule has 1 nitrogen and oxygen atoms in total. The molecule has 70 valence electrons. The molecule has 13 heavy (non-hydrogen) atoms. The lowest BCUT2D eigenvalue weighted by Crippen LogP contribution is -2.21. The average molecular weight is 241 g/mol. The molecule has 1 aliphatic rings. The largest absolute Gasteiger partial charge is 0.376 e. The molecule has 1 aromatic carbocycles. The van der Waals surface area contributed by atoms with E-state index in [0.717, 1.165) is 12.8 Å². The first-order valence-corrected chi connectivity index (χ1v) is 5.49. The fourth-order valence-corrected chi connectivity index (χ4v) is 2.68. The molecule has 0 heterocycles. The number of rotatable bonds is 1. The fourth-order valence-electron chi connectivity index (χ4n) is 1.95. The van der Waals surface area contributed by atoms with E-state index in [1.54, 1.807) is 7.11 Å². The van der Waals surface area contributed by atoms with E-state index in [4.69, 9.17) is 4.74 Å². The Morgan fingerprint density at radius 1 is 1.38 bits per heavy atom. The van der Waals surface area contributed by atoms with Gasteiger partial charge in [-0.25, -0.2) is 0 Å². The van der Waals surface area contributed by atoms with Gasteiger partial charge in [-0.2, -0.15) is 0 Å². The first-order valence-electron chi connectivity index (χ1n) is 4.57. The maximum atomic E-state index is 5.48. The van der Waals surface area contributed by atoms with Crippen LogP contribution in [0.5, 0.6) is 0 Å². The number of methoxy groups -OCH3 is 1. The highest BCUT2D eigenvalue weighted by atomic mass is 79.9. The summed E-state index contributed by atoms with van der Waals surface area (Å²) >= 11 is 3.66. The fraction of sp³-hybridized carbons (Fsp3) is 0.455. The highest BCUT2D eigenvalue weighted by molar-refractivity contribution is 9.09. The van der Waals surface area contributed by atoms with Crippen LogP contribution in [-0.4, -0.2) is 11.9 Å². The van der Waals surface area contributed by atoms with Crippen molar-refractivity contribution in [2.24, 2.45) is 0 Å². The molecule has 0 amide bonds. The van der Waals surface area contributed by atoms with Gasteiger partial charge >= 0.3 is 0 Å². The van der Waals surface area contributed by atoms with Gasteiger partial charge in [-0.05, 0) is 24.0 Å². The lowest BCUT2D eigenvalue weighted by atomic mass is 9.89. The monoisotopic (exact) mass is 240 g/mol. The first kappa shape index (κ1) is 9.22. The van der Waals surface area contributed by atoms with Crippen molar-refractivity contribution >= 4 is 15.9 Å². The topological polar surface area (TPSA) is 9.23 Å². The van der Waals surface area contributed by atoms with Crippen LogP contribution in [0.25, 0.3) is 0 Å². The number of alkyl halides is 1. The molecular formula is C11H13BrO. The Bertz CT molecular complexity index is 298. The van der Waals surface area contributed by atoms with Gasteiger partial charge in [-0.1, -0.05) is 40.2 Å². The number of hydrogen-bond acceptors (Lipinski definition) is 1. The average Bonchev–Trinajstić information content (AvgIpc) is 2.18. The van der Waals surface area contributed by atoms with Gasteiger partial charge in [0.25, 0.3) is 0 Å². The smallest absolute Gasteiger partial charge is 0.0948 e. The molecule has 2 heteroatoms. The van der Waals surface area contributed by atoms with Crippen molar-refractivity contribution in [3.05, 3.63) is 35.4 Å². The third-order valence-corrected chi connectivity index (χ3v) is 3.57. The van der Waals surface area contributed by atoms with E-state index in [9.17, 15) is 0 Å². The van der Waals surface area contributed by atoms with Crippen LogP contribution in [0, 0.1) is 0 Å². The van der Waals surface area contributed by atoms with Crippen LogP contribution < -0.4 is 0 Å². The standard InChI is InChI=1S/C11H13BrO/c1-13-11-9-5-3-2-4-8(9)6-7-10(11)12/h2-5,10-11H,6-7H2,1H3. The van der Waals surface area contributed by atoms with Crippen LogP contribution in [0.2, 0.25) is 0 Å². The number of aryl methyl sites for hydroxylation is 1. The summed E-state index contributed by atoms with van der Waals surface area (Å²) in [6.07, 6.45) is 2.55. The van der Waals surface area contributed by atoms with Crippen LogP contribution in [0.15, 0.2) is 24.3 Å². The predicted molar refractivity (Wildman–Crippen MR) is 57.2 cm³/mol. The summed E-state index contributed by atoms with van der Waals surface area (Å²) in [7, 11) is 1.78. The van der Waals surface area contributed by atoms with Crippen LogP contribution in [-0.2, 0) is 11.2 Å². The molecule has 0 aromatic heterocycles. The molecule has 0 N–H and O–H groups in total. The van der Waals surface area contributed by atoms with Crippen molar-refractivity contribution in [3.8, 4) is 0 Å². The molecule has 0 bridgehead atoms. The van der Waals surface area contributed by atoms with Crippen LogP contribution >= 0.6 is 15.9 Å². The molecular weight excluding hydrogens is 228 g/mol. The number of hydrogen-bond donors (Lipinski definition) is 0. The normalized spacial score (nSPS) is 26.9. The van der Waals surface area contributed by atoms with Gasteiger partial charge in [0.2, 0.25) is 0 Å². The van der Waals surface area contributed by atoms with Crippen LogP contribution in [0.1, 0.15) is 23.7 Å². The Balaban J connectivity index is 2.39. The van der Waals surface area contributed by atoms with Gasteiger partial charge < -0.3 is 4.74 Å². The zero-order valence-corrected chi connectivity index (χ0v) is 9.25. The second kappa shape index (κ2) is 3.81. The maximum absolute atomic E-state index is 5.48. The van der Waals surface area contributed by atoms with Crippen LogP contribution in [0.3, 0.4) is 0 Å². The van der Waals surface area contributed by atoms with Gasteiger partial charge in [-0.3, -0.25) is 0 Å². The van der Waals surface area contributed by atoms with Gasteiger partial charge in [0.1, 0.15) is 0 Å². The number of halogens is 1. The van der Waals surface area contributed by atoms with E-state index >= 15 is 0 Å². The molecule has 1 aromatic rings. The van der Waals surface area contributed by atoms with Gasteiger partial charge in [-0.15, -0.1) is 0 Å². The highest BCUT2D eigenvalue weighted by Crippen LogP contribution is 2.36. The molecule has 2 atom stereocenters. The van der Waals surface area contributed by atoms with Crippen molar-refractivity contribution in [1.29, 1.82) is 0 Å². The summed E-state index contributed by atoms with van der Waals surface area (Å²) in [5.41, 5.74) is 2.78. The van der Waals surface area contributed by atoms with E-state index < -0.39 is 0 Å². The lowest BCUT2D eigenvalue weighted by molar-refractivity contribution is 0.0950. The molecule has 2 unspecified atom stereocenters. The summed E-state index contributed by atoms with van der Waals surface area (Å²) in [6.45, 7) is 0. The van der Waals surface area contributed by atoms with Crippen molar-refractivity contribution in [2.45, 2.75) is 23.8 Å². The van der Waals surface area contributed by atoms with E-state index in [1.165, 1.54) is 11.1 Å². The zero-order valence-electron chi connectivity index (χ0n) is 7.66. The Kier molecular flexibility index (Phi) is 2.70. The predicted octanol–water partition coefficient (Wildman–Crippen LogP) is 3.08. The van der Waals surface area contributed by atoms with E-state index in [-0.39, 0.29) is 6.10 Å². The van der Waals surface area contributed by atoms with E-state index in [1.807, 2.05) is 0 Å². The van der Waals surface area contributed by atoms with Crippen molar-refractivity contribution in [1.82, 2.24) is 0 Å². The second-order valence-electron chi connectivity index (χ2n) is 3.41. The first-order chi connectivity index (χ1) is 6.33. The zero-order chi connectivity index (χ0) is 9.26. The molecule has 0 radical (unpaired) electrons. The minimum absolute atomic E-state index is 0.227. The molecule has 0 saturated carbocycles. The minimum atomic E-state index is 0.227. The maximum Gasteiger partial charge on any atom is 0.0948 e. The van der Waals surface area contributed by atoms with Crippen molar-refractivity contribution < 1.29 is 4.74 Å². The third-order valence-electron chi connectivity index (χ3n) is 2.63. The lowest BCUT2D eigenvalue weighted by Gasteiger charge is -2.28. The number of benzene rings is 1. The minimum Gasteiger partial charge on any atom is -0.376 e. The summed E-state index contributed by atoms with van der Waals surface area (Å²) in [4.78, 5) is 0.465. The molecule has 1 aliphatic carbocycles. The summed E-state index contributed by atoms with van der Waals surface area (Å²) < 4.78 is 5.48. The Hall–Kier alpha value is -0.340. The Labute approximate surface area is 87.2 Å². The quantitative estimate of drug-likeness (QED) is 0.686.